The van der Waals surface area contributed by atoms with Crippen LogP contribution in [0.1, 0.15) is 11.1 Å². The van der Waals surface area contributed by atoms with Gasteiger partial charge in [0.2, 0.25) is 0 Å². The molecule has 0 saturated heterocycles. The first kappa shape index (κ1) is 20.2. The molecule has 6 nitrogen and oxygen atoms in total. The van der Waals surface area contributed by atoms with Crippen molar-refractivity contribution in [3.05, 3.63) is 59.9 Å². The van der Waals surface area contributed by atoms with Crippen LogP contribution in [0.5, 0.6) is 5.75 Å². The molecule has 29 heavy (non-hydrogen) atoms. The molecule has 9 heteroatoms. The Morgan fingerprint density at radius 1 is 1.10 bits per heavy atom. The minimum absolute atomic E-state index is 0.104. The molecule has 0 fully saturated rings. The highest BCUT2D eigenvalue weighted by molar-refractivity contribution is 5.93. The highest BCUT2D eigenvalue weighted by atomic mass is 19.4. The Hall–Kier alpha value is -3.49. The van der Waals surface area contributed by atoms with E-state index in [1.807, 2.05) is 0 Å². The molecule has 1 amide bonds. The summed E-state index contributed by atoms with van der Waals surface area (Å²) >= 11 is 0. The van der Waals surface area contributed by atoms with E-state index in [4.69, 9.17) is 13.9 Å². The second-order valence-electron chi connectivity index (χ2n) is 6.08. The molecule has 0 aliphatic heterocycles. The van der Waals surface area contributed by atoms with Crippen molar-refractivity contribution in [2.24, 2.45) is 0 Å². The maximum Gasteiger partial charge on any atom is 0.416 e. The normalized spacial score (nSPS) is 11.3. The quantitative estimate of drug-likeness (QED) is 0.620. The maximum absolute atomic E-state index is 12.5. The standard InChI is InChI=1S/C20H16F3NO5/c1-27-15-6-7-16-12(10-28-17(16)9-15)8-19(26)29-11-18(25)24-14-4-2-13(3-5-14)20(21,22)23/h2-7,9-10H,8,11H2,1H3,(H,24,25). The summed E-state index contributed by atoms with van der Waals surface area (Å²) in [5, 5.41) is 3.08. The lowest BCUT2D eigenvalue weighted by Gasteiger charge is -2.09. The van der Waals surface area contributed by atoms with Gasteiger partial charge in [-0.05, 0) is 36.4 Å². The van der Waals surface area contributed by atoms with Gasteiger partial charge in [0.05, 0.1) is 25.4 Å². The zero-order valence-corrected chi connectivity index (χ0v) is 15.2. The number of methoxy groups -OCH3 is 1. The van der Waals surface area contributed by atoms with Crippen molar-refractivity contribution in [1.29, 1.82) is 0 Å². The van der Waals surface area contributed by atoms with Gasteiger partial charge in [0.1, 0.15) is 11.3 Å². The van der Waals surface area contributed by atoms with E-state index in [9.17, 15) is 22.8 Å². The first-order valence-corrected chi connectivity index (χ1v) is 8.43. The summed E-state index contributed by atoms with van der Waals surface area (Å²) in [5.41, 5.74) is 0.476. The number of benzene rings is 2. The average Bonchev–Trinajstić information content (AvgIpc) is 3.08. The number of ether oxygens (including phenoxy) is 2. The number of carbonyl (C=O) groups is 2. The van der Waals surface area contributed by atoms with Gasteiger partial charge in [-0.1, -0.05) is 0 Å². The number of anilines is 1. The summed E-state index contributed by atoms with van der Waals surface area (Å²) in [6.07, 6.45) is -3.14. The van der Waals surface area contributed by atoms with Crippen molar-refractivity contribution in [3.8, 4) is 5.75 Å². The fraction of sp³-hybridized carbons (Fsp3) is 0.200. The van der Waals surface area contributed by atoms with E-state index in [1.165, 1.54) is 13.4 Å². The van der Waals surface area contributed by atoms with Crippen LogP contribution >= 0.6 is 0 Å². The second-order valence-corrected chi connectivity index (χ2v) is 6.08. The Kier molecular flexibility index (Phi) is 5.76. The number of fused-ring (bicyclic) bond motifs is 1. The van der Waals surface area contributed by atoms with E-state index in [1.54, 1.807) is 18.2 Å². The lowest BCUT2D eigenvalue weighted by molar-refractivity contribution is -0.146. The highest BCUT2D eigenvalue weighted by Crippen LogP contribution is 2.30. The monoisotopic (exact) mass is 407 g/mol. The van der Waals surface area contributed by atoms with E-state index in [0.717, 1.165) is 29.7 Å². The fourth-order valence-corrected chi connectivity index (χ4v) is 2.62. The Labute approximate surface area is 163 Å². The van der Waals surface area contributed by atoms with Crippen LogP contribution in [0, 0.1) is 0 Å². The van der Waals surface area contributed by atoms with Crippen LogP contribution in [0.4, 0.5) is 18.9 Å². The number of halogens is 3. The largest absolute Gasteiger partial charge is 0.497 e. The molecule has 0 saturated carbocycles. The molecule has 3 rings (SSSR count). The smallest absolute Gasteiger partial charge is 0.416 e. The molecule has 152 valence electrons. The van der Waals surface area contributed by atoms with Gasteiger partial charge in [-0.15, -0.1) is 0 Å². The van der Waals surface area contributed by atoms with E-state index < -0.39 is 30.2 Å². The van der Waals surface area contributed by atoms with Gasteiger partial charge in [-0.2, -0.15) is 13.2 Å². The zero-order valence-electron chi connectivity index (χ0n) is 15.2. The number of hydrogen-bond donors (Lipinski definition) is 1. The topological polar surface area (TPSA) is 77.8 Å². The molecule has 0 bridgehead atoms. The van der Waals surface area contributed by atoms with Crippen molar-refractivity contribution in [2.45, 2.75) is 12.6 Å². The van der Waals surface area contributed by atoms with Gasteiger partial charge in [0, 0.05) is 22.7 Å². The third kappa shape index (κ3) is 5.07. The molecule has 0 aliphatic carbocycles. The molecule has 1 N–H and O–H groups in total. The van der Waals surface area contributed by atoms with E-state index in [0.29, 0.717) is 16.9 Å². The summed E-state index contributed by atoms with van der Waals surface area (Å²) in [6, 6.07) is 9.09. The molecule has 0 atom stereocenters. The molecule has 0 aliphatic rings. The first-order valence-electron chi connectivity index (χ1n) is 8.43. The lowest BCUT2D eigenvalue weighted by Crippen LogP contribution is -2.21. The van der Waals surface area contributed by atoms with Crippen molar-refractivity contribution >= 4 is 28.5 Å². The molecular formula is C20H16F3NO5. The molecular weight excluding hydrogens is 391 g/mol. The number of furan rings is 1. The number of esters is 1. The van der Waals surface area contributed by atoms with Crippen LogP contribution in [0.3, 0.4) is 0 Å². The van der Waals surface area contributed by atoms with Gasteiger partial charge < -0.3 is 19.2 Å². The second kappa shape index (κ2) is 8.26. The van der Waals surface area contributed by atoms with E-state index in [2.05, 4.69) is 5.32 Å². The fourth-order valence-electron chi connectivity index (χ4n) is 2.62. The van der Waals surface area contributed by atoms with Crippen LogP contribution < -0.4 is 10.1 Å². The van der Waals surface area contributed by atoms with E-state index in [-0.39, 0.29) is 12.1 Å². The van der Waals surface area contributed by atoms with Gasteiger partial charge in [-0.25, -0.2) is 0 Å². The predicted octanol–water partition coefficient (Wildman–Crippen LogP) is 4.18. The summed E-state index contributed by atoms with van der Waals surface area (Å²) in [4.78, 5) is 23.8. The minimum atomic E-state index is -4.46. The average molecular weight is 407 g/mol. The highest BCUT2D eigenvalue weighted by Gasteiger charge is 2.30. The Morgan fingerprint density at radius 3 is 2.48 bits per heavy atom. The lowest BCUT2D eigenvalue weighted by atomic mass is 10.1. The number of hydrogen-bond acceptors (Lipinski definition) is 5. The predicted molar refractivity (Wildman–Crippen MR) is 97.5 cm³/mol. The molecule has 3 aromatic rings. The SMILES string of the molecule is COc1ccc2c(CC(=O)OCC(=O)Nc3ccc(C(F)(F)F)cc3)coc2c1. The van der Waals surface area contributed by atoms with Crippen LogP contribution in [-0.4, -0.2) is 25.6 Å². The minimum Gasteiger partial charge on any atom is -0.497 e. The Balaban J connectivity index is 1.52. The van der Waals surface area contributed by atoms with Gasteiger partial charge in [0.25, 0.3) is 5.91 Å². The molecule has 2 aromatic carbocycles. The van der Waals surface area contributed by atoms with Crippen LogP contribution in [0.2, 0.25) is 0 Å². The Morgan fingerprint density at radius 2 is 1.83 bits per heavy atom. The van der Waals surface area contributed by atoms with Crippen molar-refractivity contribution in [2.75, 3.05) is 19.0 Å². The van der Waals surface area contributed by atoms with Crippen molar-refractivity contribution in [3.63, 3.8) is 0 Å². The molecule has 0 radical (unpaired) electrons. The first-order chi connectivity index (χ1) is 13.8. The summed E-state index contributed by atoms with van der Waals surface area (Å²) < 4.78 is 53.0. The Bertz CT molecular complexity index is 1020. The number of nitrogens with one attached hydrogen (secondary N) is 1. The van der Waals surface area contributed by atoms with Gasteiger partial charge in [0.15, 0.2) is 6.61 Å². The molecule has 0 spiro atoms. The van der Waals surface area contributed by atoms with Crippen molar-refractivity contribution in [1.82, 2.24) is 0 Å². The number of carbonyl (C=O) groups excluding carboxylic acids is 2. The summed E-state index contributed by atoms with van der Waals surface area (Å²) in [5.74, 6) is -0.702. The van der Waals surface area contributed by atoms with Crippen LogP contribution in [0.25, 0.3) is 11.0 Å². The zero-order chi connectivity index (χ0) is 21.0. The maximum atomic E-state index is 12.5. The van der Waals surface area contributed by atoms with Crippen LogP contribution in [0.15, 0.2) is 53.1 Å². The molecule has 0 unspecified atom stereocenters. The van der Waals surface area contributed by atoms with Crippen LogP contribution in [-0.2, 0) is 26.9 Å². The summed E-state index contributed by atoms with van der Waals surface area (Å²) in [7, 11) is 1.53. The summed E-state index contributed by atoms with van der Waals surface area (Å²) in [6.45, 7) is -0.566. The molecule has 1 aromatic heterocycles. The van der Waals surface area contributed by atoms with Crippen molar-refractivity contribution < 1.29 is 36.7 Å². The number of rotatable bonds is 6. The number of alkyl halides is 3. The number of amides is 1. The third-order valence-electron chi connectivity index (χ3n) is 4.06. The van der Waals surface area contributed by atoms with Gasteiger partial charge in [-0.3, -0.25) is 9.59 Å². The van der Waals surface area contributed by atoms with E-state index >= 15 is 0 Å². The third-order valence-corrected chi connectivity index (χ3v) is 4.06. The van der Waals surface area contributed by atoms with Gasteiger partial charge >= 0.3 is 12.1 Å². The molecule has 1 heterocycles.